The SMILES string of the molecule is Cc1cncc2c1CCN(c1cccc(C(=O)O)c1)C2. The smallest absolute Gasteiger partial charge is 0.335 e. The first kappa shape index (κ1) is 12.7. The van der Waals surface area contributed by atoms with Crippen LogP contribution in [0.4, 0.5) is 5.69 Å². The van der Waals surface area contributed by atoms with Gasteiger partial charge in [0.2, 0.25) is 0 Å². The quantitative estimate of drug-likeness (QED) is 0.909. The molecule has 1 aromatic heterocycles. The molecule has 0 unspecified atom stereocenters. The van der Waals surface area contributed by atoms with Crippen LogP contribution >= 0.6 is 0 Å². The molecule has 2 aromatic rings. The van der Waals surface area contributed by atoms with Crippen LogP contribution in [-0.2, 0) is 13.0 Å². The fraction of sp³-hybridized carbons (Fsp3) is 0.250. The number of carboxylic acid groups (broad SMARTS) is 1. The van der Waals surface area contributed by atoms with Crippen molar-refractivity contribution < 1.29 is 9.90 Å². The van der Waals surface area contributed by atoms with Crippen molar-refractivity contribution in [1.82, 2.24) is 4.98 Å². The third-order valence-corrected chi connectivity index (χ3v) is 3.81. The van der Waals surface area contributed by atoms with Gasteiger partial charge in [0.25, 0.3) is 0 Å². The Morgan fingerprint density at radius 2 is 2.20 bits per heavy atom. The average Bonchev–Trinajstić information content (AvgIpc) is 2.47. The Bertz CT molecular complexity index is 667. The third kappa shape index (κ3) is 2.25. The lowest BCUT2D eigenvalue weighted by Gasteiger charge is -2.31. The molecule has 0 radical (unpaired) electrons. The highest BCUT2D eigenvalue weighted by molar-refractivity contribution is 5.88. The molecule has 0 saturated heterocycles. The van der Waals surface area contributed by atoms with Gasteiger partial charge in [-0.3, -0.25) is 4.98 Å². The fourth-order valence-corrected chi connectivity index (χ4v) is 2.73. The minimum atomic E-state index is -0.887. The lowest BCUT2D eigenvalue weighted by atomic mass is 9.97. The molecule has 1 aliphatic heterocycles. The predicted octanol–water partition coefficient (Wildman–Crippen LogP) is 2.65. The van der Waals surface area contributed by atoms with E-state index in [2.05, 4.69) is 16.8 Å². The number of aromatic carboxylic acids is 1. The van der Waals surface area contributed by atoms with Gasteiger partial charge in [-0.05, 0) is 48.2 Å². The number of hydrogen-bond acceptors (Lipinski definition) is 3. The number of benzene rings is 1. The van der Waals surface area contributed by atoms with E-state index in [0.29, 0.717) is 5.56 Å². The van der Waals surface area contributed by atoms with E-state index in [1.165, 1.54) is 16.7 Å². The molecule has 0 spiro atoms. The molecule has 0 aliphatic carbocycles. The number of fused-ring (bicyclic) bond motifs is 1. The van der Waals surface area contributed by atoms with Crippen LogP contribution in [0.2, 0.25) is 0 Å². The molecule has 1 aromatic carbocycles. The zero-order valence-electron chi connectivity index (χ0n) is 11.3. The van der Waals surface area contributed by atoms with Gasteiger partial charge in [-0.1, -0.05) is 6.07 Å². The number of aromatic nitrogens is 1. The highest BCUT2D eigenvalue weighted by Crippen LogP contribution is 2.26. The summed E-state index contributed by atoms with van der Waals surface area (Å²) in [6, 6.07) is 7.11. The molecule has 4 nitrogen and oxygen atoms in total. The van der Waals surface area contributed by atoms with Gasteiger partial charge in [0.15, 0.2) is 0 Å². The van der Waals surface area contributed by atoms with E-state index in [1.54, 1.807) is 18.2 Å². The zero-order chi connectivity index (χ0) is 14.1. The highest BCUT2D eigenvalue weighted by Gasteiger charge is 2.18. The topological polar surface area (TPSA) is 53.4 Å². The Kier molecular flexibility index (Phi) is 3.14. The van der Waals surface area contributed by atoms with E-state index < -0.39 is 5.97 Å². The molecule has 0 saturated carbocycles. The van der Waals surface area contributed by atoms with Crippen LogP contribution in [0.15, 0.2) is 36.7 Å². The second-order valence-corrected chi connectivity index (χ2v) is 5.12. The lowest BCUT2D eigenvalue weighted by molar-refractivity contribution is 0.0697. The van der Waals surface area contributed by atoms with E-state index in [-0.39, 0.29) is 0 Å². The van der Waals surface area contributed by atoms with Crippen molar-refractivity contribution in [3.63, 3.8) is 0 Å². The van der Waals surface area contributed by atoms with Crippen LogP contribution in [0.25, 0.3) is 0 Å². The molecular formula is C16H16N2O2. The van der Waals surface area contributed by atoms with E-state index >= 15 is 0 Å². The predicted molar refractivity (Wildman–Crippen MR) is 77.1 cm³/mol. The number of aryl methyl sites for hydroxylation is 1. The number of carbonyl (C=O) groups is 1. The van der Waals surface area contributed by atoms with Crippen molar-refractivity contribution in [3.8, 4) is 0 Å². The van der Waals surface area contributed by atoms with Gasteiger partial charge >= 0.3 is 5.97 Å². The zero-order valence-corrected chi connectivity index (χ0v) is 11.3. The number of carboxylic acids is 1. The van der Waals surface area contributed by atoms with E-state index in [9.17, 15) is 4.79 Å². The Morgan fingerprint density at radius 1 is 1.35 bits per heavy atom. The Labute approximate surface area is 117 Å². The maximum absolute atomic E-state index is 11.1. The number of rotatable bonds is 2. The number of pyridine rings is 1. The van der Waals surface area contributed by atoms with Crippen LogP contribution in [0.3, 0.4) is 0 Å². The van der Waals surface area contributed by atoms with Crippen molar-refractivity contribution in [2.75, 3.05) is 11.4 Å². The number of hydrogen-bond donors (Lipinski definition) is 1. The molecule has 0 atom stereocenters. The summed E-state index contributed by atoms with van der Waals surface area (Å²) < 4.78 is 0. The maximum atomic E-state index is 11.1. The second-order valence-electron chi connectivity index (χ2n) is 5.12. The summed E-state index contributed by atoms with van der Waals surface area (Å²) in [6.45, 7) is 3.78. The first-order chi connectivity index (χ1) is 9.65. The van der Waals surface area contributed by atoms with Gasteiger partial charge < -0.3 is 10.0 Å². The maximum Gasteiger partial charge on any atom is 0.335 e. The average molecular weight is 268 g/mol. The summed E-state index contributed by atoms with van der Waals surface area (Å²) in [4.78, 5) is 17.5. The van der Waals surface area contributed by atoms with Crippen molar-refractivity contribution in [3.05, 3.63) is 58.9 Å². The first-order valence-corrected chi connectivity index (χ1v) is 6.66. The Balaban J connectivity index is 1.90. The Morgan fingerprint density at radius 3 is 3.00 bits per heavy atom. The highest BCUT2D eigenvalue weighted by atomic mass is 16.4. The van der Waals surface area contributed by atoms with E-state index in [4.69, 9.17) is 5.11 Å². The number of nitrogens with zero attached hydrogens (tertiary/aromatic N) is 2. The van der Waals surface area contributed by atoms with Gasteiger partial charge in [0.1, 0.15) is 0 Å². The molecule has 102 valence electrons. The molecule has 1 N–H and O–H groups in total. The monoisotopic (exact) mass is 268 g/mol. The molecule has 0 bridgehead atoms. The Hall–Kier alpha value is -2.36. The minimum absolute atomic E-state index is 0.329. The standard InChI is InChI=1S/C16H16N2O2/c1-11-8-17-9-13-10-18(6-5-15(11)13)14-4-2-3-12(7-14)16(19)20/h2-4,7-9H,5-6,10H2,1H3,(H,19,20). The van der Waals surface area contributed by atoms with Crippen LogP contribution in [0, 0.1) is 6.92 Å². The molecule has 1 aliphatic rings. The normalized spacial score (nSPS) is 13.9. The fourth-order valence-electron chi connectivity index (χ4n) is 2.73. The molecule has 4 heteroatoms. The van der Waals surface area contributed by atoms with Crippen molar-refractivity contribution in [2.24, 2.45) is 0 Å². The van der Waals surface area contributed by atoms with Gasteiger partial charge in [0.05, 0.1) is 5.56 Å². The molecule has 2 heterocycles. The first-order valence-electron chi connectivity index (χ1n) is 6.66. The van der Waals surface area contributed by atoms with E-state index in [0.717, 1.165) is 25.2 Å². The van der Waals surface area contributed by atoms with Gasteiger partial charge in [-0.25, -0.2) is 4.79 Å². The van der Waals surface area contributed by atoms with E-state index in [1.807, 2.05) is 18.5 Å². The molecule has 0 amide bonds. The van der Waals surface area contributed by atoms with Gasteiger partial charge in [-0.15, -0.1) is 0 Å². The second kappa shape index (κ2) is 4.96. The molecule has 20 heavy (non-hydrogen) atoms. The summed E-state index contributed by atoms with van der Waals surface area (Å²) in [5.41, 5.74) is 5.14. The largest absolute Gasteiger partial charge is 0.478 e. The van der Waals surface area contributed by atoms with Crippen LogP contribution in [-0.4, -0.2) is 22.6 Å². The summed E-state index contributed by atoms with van der Waals surface area (Å²) in [5.74, 6) is -0.887. The van der Waals surface area contributed by atoms with Crippen LogP contribution in [0.1, 0.15) is 27.0 Å². The summed E-state index contributed by atoms with van der Waals surface area (Å²) in [6.07, 6.45) is 4.79. The van der Waals surface area contributed by atoms with Crippen molar-refractivity contribution in [2.45, 2.75) is 19.9 Å². The van der Waals surface area contributed by atoms with Crippen molar-refractivity contribution >= 4 is 11.7 Å². The minimum Gasteiger partial charge on any atom is -0.478 e. The molecular weight excluding hydrogens is 252 g/mol. The summed E-state index contributed by atoms with van der Waals surface area (Å²) in [5, 5.41) is 9.07. The lowest BCUT2D eigenvalue weighted by Crippen LogP contribution is -2.31. The third-order valence-electron chi connectivity index (χ3n) is 3.81. The van der Waals surface area contributed by atoms with Gasteiger partial charge in [-0.2, -0.15) is 0 Å². The number of anilines is 1. The summed E-state index contributed by atoms with van der Waals surface area (Å²) in [7, 11) is 0. The van der Waals surface area contributed by atoms with Crippen LogP contribution in [0.5, 0.6) is 0 Å². The molecule has 0 fully saturated rings. The van der Waals surface area contributed by atoms with Crippen LogP contribution < -0.4 is 4.90 Å². The van der Waals surface area contributed by atoms with Gasteiger partial charge in [0, 0.05) is 31.2 Å². The molecule has 3 rings (SSSR count). The van der Waals surface area contributed by atoms with Crippen molar-refractivity contribution in [1.29, 1.82) is 0 Å². The summed E-state index contributed by atoms with van der Waals surface area (Å²) >= 11 is 0.